The molecule has 1 aliphatic heterocycles. The van der Waals surface area contributed by atoms with Gasteiger partial charge in [0.1, 0.15) is 0 Å². The van der Waals surface area contributed by atoms with E-state index in [9.17, 15) is 0 Å². The molecule has 1 N–H and O–H groups in total. The lowest BCUT2D eigenvalue weighted by Crippen LogP contribution is -2.03. The van der Waals surface area contributed by atoms with E-state index in [4.69, 9.17) is 0 Å². The average molecular weight is 208 g/mol. The Morgan fingerprint density at radius 3 is 2.14 bits per heavy atom. The summed E-state index contributed by atoms with van der Waals surface area (Å²) in [5, 5.41) is 2.91. The second-order valence-electron chi connectivity index (χ2n) is 1.14. The second-order valence-corrected chi connectivity index (χ2v) is 2.26. The van der Waals surface area contributed by atoms with Crippen LogP contribution in [0.5, 0.6) is 0 Å². The van der Waals surface area contributed by atoms with E-state index in [2.05, 4.69) is 28.2 Å². The molecular formula is C4H5IN2. The Balaban J connectivity index is 2.49. The zero-order chi connectivity index (χ0) is 5.11. The largest absolute Gasteiger partial charge is 0.365 e. The molecule has 0 aromatic rings. The highest BCUT2D eigenvalue weighted by Crippen LogP contribution is 2.01. The second kappa shape index (κ2) is 2.20. The van der Waals surface area contributed by atoms with Crippen molar-refractivity contribution in [1.29, 1.82) is 0 Å². The maximum atomic E-state index is 2.91. The van der Waals surface area contributed by atoms with Crippen molar-refractivity contribution in [2.75, 3.05) is 0 Å². The van der Waals surface area contributed by atoms with Crippen LogP contribution in [0.1, 0.15) is 0 Å². The van der Waals surface area contributed by atoms with Crippen LogP contribution in [0.4, 0.5) is 0 Å². The molecule has 0 unspecified atom stereocenters. The lowest BCUT2D eigenvalue weighted by Gasteiger charge is -2.06. The van der Waals surface area contributed by atoms with Crippen LogP contribution in [0.25, 0.3) is 0 Å². The molecule has 0 saturated heterocycles. The molecule has 0 atom stereocenters. The highest BCUT2D eigenvalue weighted by Gasteiger charge is 1.85. The first-order valence-electron chi connectivity index (χ1n) is 1.93. The van der Waals surface area contributed by atoms with Crippen LogP contribution >= 0.6 is 22.9 Å². The van der Waals surface area contributed by atoms with Gasteiger partial charge in [0.15, 0.2) is 0 Å². The van der Waals surface area contributed by atoms with Gasteiger partial charge in [-0.2, -0.15) is 0 Å². The minimum absolute atomic E-state index is 1.87. The minimum atomic E-state index is 1.87. The first-order valence-corrected chi connectivity index (χ1v) is 2.89. The summed E-state index contributed by atoms with van der Waals surface area (Å²) in [6, 6.07) is 0. The summed E-state index contributed by atoms with van der Waals surface area (Å²) in [6.45, 7) is 0. The summed E-state index contributed by atoms with van der Waals surface area (Å²) >= 11 is 2.18. The summed E-state index contributed by atoms with van der Waals surface area (Å²) in [7, 11) is 0. The lowest BCUT2D eigenvalue weighted by molar-refractivity contribution is 0.860. The van der Waals surface area contributed by atoms with Crippen molar-refractivity contribution in [3.05, 3.63) is 24.8 Å². The highest BCUT2D eigenvalue weighted by atomic mass is 127. The fourth-order valence-electron chi connectivity index (χ4n) is 0.334. The van der Waals surface area contributed by atoms with E-state index in [1.165, 1.54) is 0 Å². The SMILES string of the molecule is IN1C=CNC=C1. The van der Waals surface area contributed by atoms with Gasteiger partial charge in [-0.3, -0.25) is 3.11 Å². The van der Waals surface area contributed by atoms with E-state index >= 15 is 0 Å². The van der Waals surface area contributed by atoms with Gasteiger partial charge in [-0.25, -0.2) is 0 Å². The number of rotatable bonds is 0. The van der Waals surface area contributed by atoms with Crippen LogP contribution in [0.15, 0.2) is 24.8 Å². The van der Waals surface area contributed by atoms with Crippen LogP contribution in [0.3, 0.4) is 0 Å². The third kappa shape index (κ3) is 1.38. The topological polar surface area (TPSA) is 15.3 Å². The average Bonchev–Trinajstić information content (AvgIpc) is 1.69. The van der Waals surface area contributed by atoms with Gasteiger partial charge in [-0.05, 0) is 0 Å². The molecule has 0 bridgehead atoms. The van der Waals surface area contributed by atoms with E-state index in [-0.39, 0.29) is 0 Å². The zero-order valence-corrected chi connectivity index (χ0v) is 5.79. The molecule has 2 nitrogen and oxygen atoms in total. The Morgan fingerprint density at radius 1 is 1.29 bits per heavy atom. The van der Waals surface area contributed by atoms with Crippen LogP contribution < -0.4 is 5.32 Å². The predicted octanol–water partition coefficient (Wildman–Crippen LogP) is 1.18. The fourth-order valence-corrected chi connectivity index (χ4v) is 0.655. The van der Waals surface area contributed by atoms with Gasteiger partial charge in [0.05, 0.1) is 22.9 Å². The van der Waals surface area contributed by atoms with Gasteiger partial charge in [-0.15, -0.1) is 0 Å². The summed E-state index contributed by atoms with van der Waals surface area (Å²) < 4.78 is 1.94. The number of nitrogens with zero attached hydrogens (tertiary/aromatic N) is 1. The molecule has 1 aliphatic rings. The zero-order valence-electron chi connectivity index (χ0n) is 3.63. The molecule has 1 rings (SSSR count). The summed E-state index contributed by atoms with van der Waals surface area (Å²) in [4.78, 5) is 0. The Kier molecular flexibility index (Phi) is 1.56. The van der Waals surface area contributed by atoms with Gasteiger partial charge in [0.2, 0.25) is 0 Å². The van der Waals surface area contributed by atoms with Gasteiger partial charge >= 0.3 is 0 Å². The summed E-state index contributed by atoms with van der Waals surface area (Å²) in [5.74, 6) is 0. The molecule has 0 aromatic carbocycles. The van der Waals surface area contributed by atoms with Crippen molar-refractivity contribution in [1.82, 2.24) is 8.43 Å². The Labute approximate surface area is 56.4 Å². The monoisotopic (exact) mass is 208 g/mol. The number of hydrogen-bond donors (Lipinski definition) is 1. The van der Waals surface area contributed by atoms with Gasteiger partial charge < -0.3 is 5.32 Å². The van der Waals surface area contributed by atoms with Crippen LogP contribution in [-0.4, -0.2) is 3.11 Å². The van der Waals surface area contributed by atoms with Gasteiger partial charge in [-0.1, -0.05) is 0 Å². The first-order chi connectivity index (χ1) is 3.39. The molecule has 0 amide bonds. The van der Waals surface area contributed by atoms with Crippen LogP contribution in [0, 0.1) is 0 Å². The number of hydrogen-bond acceptors (Lipinski definition) is 2. The van der Waals surface area contributed by atoms with Crippen molar-refractivity contribution < 1.29 is 0 Å². The number of nitrogens with one attached hydrogen (secondary N) is 1. The van der Waals surface area contributed by atoms with Crippen LogP contribution in [-0.2, 0) is 0 Å². The molecule has 0 spiro atoms. The lowest BCUT2D eigenvalue weighted by atomic mass is 10.7. The van der Waals surface area contributed by atoms with E-state index in [1.54, 1.807) is 0 Å². The summed E-state index contributed by atoms with van der Waals surface area (Å²) in [6.07, 6.45) is 7.60. The molecule has 7 heavy (non-hydrogen) atoms. The molecule has 0 radical (unpaired) electrons. The third-order valence-corrected chi connectivity index (χ3v) is 1.27. The summed E-state index contributed by atoms with van der Waals surface area (Å²) in [5.41, 5.74) is 0. The molecule has 0 saturated carbocycles. The highest BCUT2D eigenvalue weighted by molar-refractivity contribution is 14.1. The van der Waals surface area contributed by atoms with Crippen molar-refractivity contribution in [3.63, 3.8) is 0 Å². The van der Waals surface area contributed by atoms with E-state index < -0.39 is 0 Å². The first kappa shape index (κ1) is 4.96. The van der Waals surface area contributed by atoms with Crippen molar-refractivity contribution in [2.24, 2.45) is 0 Å². The number of halogens is 1. The smallest absolute Gasteiger partial charge is 0.0635 e. The Hall–Kier alpha value is -0.190. The minimum Gasteiger partial charge on any atom is -0.365 e. The Bertz CT molecular complexity index is 96.3. The van der Waals surface area contributed by atoms with Crippen molar-refractivity contribution >= 4 is 22.9 Å². The molecule has 0 aliphatic carbocycles. The molecule has 1 heterocycles. The Morgan fingerprint density at radius 2 is 1.86 bits per heavy atom. The maximum absolute atomic E-state index is 2.91. The molecule has 0 fully saturated rings. The van der Waals surface area contributed by atoms with Crippen molar-refractivity contribution in [3.8, 4) is 0 Å². The molecule has 38 valence electrons. The van der Waals surface area contributed by atoms with E-state index in [0.29, 0.717) is 0 Å². The standard InChI is InChI=1S/C4H5IN2/c5-7-3-1-6-2-4-7/h1-4,6H. The van der Waals surface area contributed by atoms with Crippen molar-refractivity contribution in [2.45, 2.75) is 0 Å². The predicted molar refractivity (Wildman–Crippen MR) is 37.3 cm³/mol. The van der Waals surface area contributed by atoms with Gasteiger partial charge in [0, 0.05) is 24.8 Å². The molecule has 0 aromatic heterocycles. The van der Waals surface area contributed by atoms with Crippen LogP contribution in [0.2, 0.25) is 0 Å². The quantitative estimate of drug-likeness (QED) is 0.475. The van der Waals surface area contributed by atoms with E-state index in [0.717, 1.165) is 0 Å². The normalized spacial score (nSPS) is 17.0. The van der Waals surface area contributed by atoms with Gasteiger partial charge in [0.25, 0.3) is 0 Å². The molecule has 3 heteroatoms. The maximum Gasteiger partial charge on any atom is 0.0635 e. The third-order valence-electron chi connectivity index (χ3n) is 0.626. The van der Waals surface area contributed by atoms with E-state index in [1.807, 2.05) is 27.9 Å². The fraction of sp³-hybridized carbons (Fsp3) is 0. The molecular weight excluding hydrogens is 203 g/mol.